The lowest BCUT2D eigenvalue weighted by atomic mass is 9.91. The summed E-state index contributed by atoms with van der Waals surface area (Å²) in [4.78, 5) is 11.6. The topological polar surface area (TPSA) is 64.3 Å². The second-order valence-corrected chi connectivity index (χ2v) is 6.08. The van der Waals surface area contributed by atoms with E-state index in [0.29, 0.717) is 11.8 Å². The fraction of sp³-hybridized carbons (Fsp3) is 0.917. The van der Waals surface area contributed by atoms with Crippen molar-refractivity contribution in [3.63, 3.8) is 0 Å². The van der Waals surface area contributed by atoms with Crippen LogP contribution in [0.4, 0.5) is 4.79 Å². The molecule has 0 aliphatic heterocycles. The van der Waals surface area contributed by atoms with Crippen LogP contribution in [0, 0.1) is 11.8 Å². The average Bonchev–Trinajstić information content (AvgIpc) is 2.66. The van der Waals surface area contributed by atoms with E-state index in [0.717, 1.165) is 0 Å². The Balaban J connectivity index is 1.88. The van der Waals surface area contributed by atoms with Gasteiger partial charge in [0.2, 0.25) is 0 Å². The molecule has 0 aromatic rings. The SMILES string of the molecule is CC(C)(C)OC(=O)NC1C2CCC(C2)C1N. The van der Waals surface area contributed by atoms with Crippen LogP contribution >= 0.6 is 0 Å². The van der Waals surface area contributed by atoms with Crippen LogP contribution in [-0.2, 0) is 4.74 Å². The smallest absolute Gasteiger partial charge is 0.407 e. The van der Waals surface area contributed by atoms with E-state index in [2.05, 4.69) is 5.32 Å². The molecule has 4 atom stereocenters. The fourth-order valence-corrected chi connectivity index (χ4v) is 2.99. The van der Waals surface area contributed by atoms with Crippen molar-refractivity contribution in [3.8, 4) is 0 Å². The average molecular weight is 226 g/mol. The molecule has 0 aromatic heterocycles. The minimum absolute atomic E-state index is 0.117. The lowest BCUT2D eigenvalue weighted by Crippen LogP contribution is -2.52. The lowest BCUT2D eigenvalue weighted by molar-refractivity contribution is 0.0480. The van der Waals surface area contributed by atoms with Crippen LogP contribution < -0.4 is 11.1 Å². The van der Waals surface area contributed by atoms with Gasteiger partial charge in [-0.3, -0.25) is 0 Å². The zero-order chi connectivity index (χ0) is 11.9. The van der Waals surface area contributed by atoms with Gasteiger partial charge in [0.25, 0.3) is 0 Å². The van der Waals surface area contributed by atoms with Crippen molar-refractivity contribution in [2.75, 3.05) is 0 Å². The quantitative estimate of drug-likeness (QED) is 0.714. The minimum Gasteiger partial charge on any atom is -0.444 e. The molecule has 2 aliphatic carbocycles. The van der Waals surface area contributed by atoms with Gasteiger partial charge in [0.1, 0.15) is 5.60 Å². The Bertz CT molecular complexity index is 283. The van der Waals surface area contributed by atoms with Crippen LogP contribution in [0.15, 0.2) is 0 Å². The Hall–Kier alpha value is -0.770. The predicted octanol–water partition coefficient (Wildman–Crippen LogP) is 1.64. The minimum atomic E-state index is -0.439. The summed E-state index contributed by atoms with van der Waals surface area (Å²) in [5.74, 6) is 1.16. The third-order valence-electron chi connectivity index (χ3n) is 3.66. The number of fused-ring (bicyclic) bond motifs is 2. The highest BCUT2D eigenvalue weighted by Crippen LogP contribution is 2.43. The van der Waals surface area contributed by atoms with Crippen molar-refractivity contribution in [2.45, 2.75) is 57.7 Å². The molecule has 4 nitrogen and oxygen atoms in total. The first-order valence-electron chi connectivity index (χ1n) is 6.12. The molecule has 3 N–H and O–H groups in total. The molecular formula is C12H22N2O2. The van der Waals surface area contributed by atoms with Gasteiger partial charge < -0.3 is 15.8 Å². The maximum Gasteiger partial charge on any atom is 0.407 e. The molecule has 4 unspecified atom stereocenters. The molecule has 0 radical (unpaired) electrons. The fourth-order valence-electron chi connectivity index (χ4n) is 2.99. The summed E-state index contributed by atoms with van der Waals surface area (Å²) < 4.78 is 5.25. The molecule has 0 heterocycles. The van der Waals surface area contributed by atoms with E-state index in [9.17, 15) is 4.79 Å². The molecule has 92 valence electrons. The highest BCUT2D eigenvalue weighted by molar-refractivity contribution is 5.68. The van der Waals surface area contributed by atoms with E-state index in [-0.39, 0.29) is 18.2 Å². The first kappa shape index (κ1) is 11.7. The Labute approximate surface area is 96.9 Å². The molecule has 2 rings (SSSR count). The van der Waals surface area contributed by atoms with Crippen molar-refractivity contribution < 1.29 is 9.53 Å². The van der Waals surface area contributed by atoms with Crippen molar-refractivity contribution >= 4 is 6.09 Å². The molecule has 2 fully saturated rings. The Kier molecular flexibility index (Phi) is 2.86. The van der Waals surface area contributed by atoms with Crippen molar-refractivity contribution in [1.29, 1.82) is 0 Å². The molecule has 2 aliphatic rings. The van der Waals surface area contributed by atoms with Gasteiger partial charge in [0, 0.05) is 6.04 Å². The largest absolute Gasteiger partial charge is 0.444 e. The van der Waals surface area contributed by atoms with Crippen LogP contribution in [-0.4, -0.2) is 23.8 Å². The number of nitrogens with one attached hydrogen (secondary N) is 1. The van der Waals surface area contributed by atoms with Gasteiger partial charge in [0.05, 0.1) is 6.04 Å². The maximum absolute atomic E-state index is 11.6. The van der Waals surface area contributed by atoms with Crippen molar-refractivity contribution in [3.05, 3.63) is 0 Å². The number of ether oxygens (including phenoxy) is 1. The number of rotatable bonds is 1. The lowest BCUT2D eigenvalue weighted by Gasteiger charge is -2.30. The molecule has 16 heavy (non-hydrogen) atoms. The number of hydrogen-bond acceptors (Lipinski definition) is 3. The molecule has 4 heteroatoms. The molecule has 2 bridgehead atoms. The van der Waals surface area contributed by atoms with Gasteiger partial charge in [-0.05, 0) is 51.9 Å². The molecule has 2 saturated carbocycles. The van der Waals surface area contributed by atoms with Crippen LogP contribution in [0.5, 0.6) is 0 Å². The summed E-state index contributed by atoms with van der Waals surface area (Å²) in [7, 11) is 0. The number of amides is 1. The predicted molar refractivity (Wildman–Crippen MR) is 62.0 cm³/mol. The Morgan fingerprint density at radius 2 is 1.94 bits per heavy atom. The van der Waals surface area contributed by atoms with Crippen LogP contribution in [0.2, 0.25) is 0 Å². The second kappa shape index (κ2) is 3.91. The number of hydrogen-bond donors (Lipinski definition) is 2. The van der Waals surface area contributed by atoms with E-state index < -0.39 is 5.60 Å². The second-order valence-electron chi connectivity index (χ2n) is 6.08. The van der Waals surface area contributed by atoms with E-state index in [4.69, 9.17) is 10.5 Å². The summed E-state index contributed by atoms with van der Waals surface area (Å²) in [5, 5.41) is 2.93. The van der Waals surface area contributed by atoms with Crippen LogP contribution in [0.3, 0.4) is 0 Å². The first-order valence-corrected chi connectivity index (χ1v) is 6.12. The monoisotopic (exact) mass is 226 g/mol. The standard InChI is InChI=1S/C12H22N2O2/c1-12(2,3)16-11(15)14-10-8-5-4-7(6-8)9(10)13/h7-10H,4-6,13H2,1-3H3,(H,14,15). The Morgan fingerprint density at radius 3 is 2.44 bits per heavy atom. The zero-order valence-corrected chi connectivity index (χ0v) is 10.3. The molecule has 1 amide bonds. The summed E-state index contributed by atoms with van der Waals surface area (Å²) in [6.45, 7) is 5.61. The van der Waals surface area contributed by atoms with Gasteiger partial charge >= 0.3 is 6.09 Å². The van der Waals surface area contributed by atoms with Gasteiger partial charge in [-0.15, -0.1) is 0 Å². The summed E-state index contributed by atoms with van der Waals surface area (Å²) in [6.07, 6.45) is 3.25. The zero-order valence-electron chi connectivity index (χ0n) is 10.3. The molecule has 0 aromatic carbocycles. The van der Waals surface area contributed by atoms with Crippen molar-refractivity contribution in [2.24, 2.45) is 17.6 Å². The third-order valence-corrected chi connectivity index (χ3v) is 3.66. The number of carbonyl (C=O) groups is 1. The number of carbonyl (C=O) groups excluding carboxylic acids is 1. The third kappa shape index (κ3) is 2.32. The maximum atomic E-state index is 11.6. The van der Waals surface area contributed by atoms with Gasteiger partial charge in [-0.1, -0.05) is 0 Å². The summed E-state index contributed by atoms with van der Waals surface area (Å²) in [5.41, 5.74) is 5.67. The van der Waals surface area contributed by atoms with Crippen molar-refractivity contribution in [1.82, 2.24) is 5.32 Å². The van der Waals surface area contributed by atoms with Crippen LogP contribution in [0.25, 0.3) is 0 Å². The summed E-state index contributed by atoms with van der Waals surface area (Å²) >= 11 is 0. The highest BCUT2D eigenvalue weighted by atomic mass is 16.6. The number of alkyl carbamates (subject to hydrolysis) is 1. The van der Waals surface area contributed by atoms with Gasteiger partial charge in [-0.25, -0.2) is 4.79 Å². The van der Waals surface area contributed by atoms with Gasteiger partial charge in [0.15, 0.2) is 0 Å². The number of nitrogens with two attached hydrogens (primary N) is 1. The summed E-state index contributed by atoms with van der Waals surface area (Å²) in [6, 6.07) is 0.236. The van der Waals surface area contributed by atoms with E-state index in [1.807, 2.05) is 20.8 Å². The Morgan fingerprint density at radius 1 is 1.31 bits per heavy atom. The highest BCUT2D eigenvalue weighted by Gasteiger charge is 2.46. The molecule has 0 spiro atoms. The van der Waals surface area contributed by atoms with Crippen LogP contribution in [0.1, 0.15) is 40.0 Å². The van der Waals surface area contributed by atoms with E-state index in [1.54, 1.807) is 0 Å². The normalized spacial score (nSPS) is 37.5. The van der Waals surface area contributed by atoms with E-state index in [1.165, 1.54) is 19.3 Å². The first-order chi connectivity index (χ1) is 7.37. The van der Waals surface area contributed by atoms with E-state index >= 15 is 0 Å². The van der Waals surface area contributed by atoms with Gasteiger partial charge in [-0.2, -0.15) is 0 Å². The molecular weight excluding hydrogens is 204 g/mol. The molecule has 0 saturated heterocycles.